The highest BCUT2D eigenvalue weighted by Crippen LogP contribution is 2.25. The molecule has 8 heteroatoms. The molecule has 1 atom stereocenters. The van der Waals surface area contributed by atoms with Crippen molar-refractivity contribution >= 4 is 33.2 Å². The molecular formula is C13H16ClFN2O3S. The molecule has 21 heavy (non-hydrogen) atoms. The molecule has 0 spiro atoms. The van der Waals surface area contributed by atoms with Gasteiger partial charge in [0.05, 0.1) is 17.0 Å². The van der Waals surface area contributed by atoms with Gasteiger partial charge in [0.15, 0.2) is 5.82 Å². The SMILES string of the molecule is CS(=O)(=O)N1CCCCC1C(=O)Nc1cccc(Cl)c1F. The Labute approximate surface area is 128 Å². The number of hydrogen-bond acceptors (Lipinski definition) is 3. The standard InChI is InChI=1S/C13H16ClFN2O3S/c1-21(19,20)17-8-3-2-7-11(17)13(18)16-10-6-4-5-9(14)12(10)15/h4-6,11H,2-3,7-8H2,1H3,(H,16,18). The van der Waals surface area contributed by atoms with Crippen molar-refractivity contribution in [3.8, 4) is 0 Å². The minimum Gasteiger partial charge on any atom is -0.322 e. The van der Waals surface area contributed by atoms with Gasteiger partial charge in [-0.3, -0.25) is 4.79 Å². The number of amides is 1. The first-order valence-corrected chi connectivity index (χ1v) is 8.75. The molecule has 0 bridgehead atoms. The highest BCUT2D eigenvalue weighted by atomic mass is 35.5. The Hall–Kier alpha value is -1.18. The molecule has 1 amide bonds. The number of carbonyl (C=O) groups excluding carboxylic acids is 1. The van der Waals surface area contributed by atoms with E-state index in [0.29, 0.717) is 19.4 Å². The highest BCUT2D eigenvalue weighted by Gasteiger charge is 2.34. The van der Waals surface area contributed by atoms with E-state index in [9.17, 15) is 17.6 Å². The largest absolute Gasteiger partial charge is 0.322 e. The van der Waals surface area contributed by atoms with Crippen molar-refractivity contribution in [3.63, 3.8) is 0 Å². The topological polar surface area (TPSA) is 66.5 Å². The molecule has 0 saturated carbocycles. The van der Waals surface area contributed by atoms with E-state index in [1.807, 2.05) is 0 Å². The van der Waals surface area contributed by atoms with Crippen LogP contribution in [0.4, 0.5) is 10.1 Å². The van der Waals surface area contributed by atoms with Crippen molar-refractivity contribution in [1.29, 1.82) is 0 Å². The summed E-state index contributed by atoms with van der Waals surface area (Å²) in [5.74, 6) is -1.27. The van der Waals surface area contributed by atoms with Crippen LogP contribution in [0.3, 0.4) is 0 Å². The summed E-state index contributed by atoms with van der Waals surface area (Å²) in [7, 11) is -3.48. The van der Waals surface area contributed by atoms with Gasteiger partial charge in [-0.25, -0.2) is 12.8 Å². The zero-order chi connectivity index (χ0) is 15.6. The number of benzene rings is 1. The van der Waals surface area contributed by atoms with Crippen LogP contribution < -0.4 is 5.32 Å². The normalized spacial score (nSPS) is 20.2. The Kier molecular flexibility index (Phi) is 4.85. The van der Waals surface area contributed by atoms with E-state index in [2.05, 4.69) is 5.32 Å². The third-order valence-corrected chi connectivity index (χ3v) is 4.97. The number of piperidine rings is 1. The van der Waals surface area contributed by atoms with E-state index in [4.69, 9.17) is 11.6 Å². The molecule has 116 valence electrons. The predicted molar refractivity (Wildman–Crippen MR) is 79.2 cm³/mol. The monoisotopic (exact) mass is 334 g/mol. The second kappa shape index (κ2) is 6.29. The summed E-state index contributed by atoms with van der Waals surface area (Å²) in [5.41, 5.74) is -0.0495. The maximum atomic E-state index is 13.8. The van der Waals surface area contributed by atoms with Crippen molar-refractivity contribution in [2.75, 3.05) is 18.1 Å². The fourth-order valence-electron chi connectivity index (χ4n) is 2.38. The lowest BCUT2D eigenvalue weighted by Gasteiger charge is -2.32. The van der Waals surface area contributed by atoms with Crippen LogP contribution in [0.2, 0.25) is 5.02 Å². The summed E-state index contributed by atoms with van der Waals surface area (Å²) in [6, 6.07) is 3.45. The Morgan fingerprint density at radius 1 is 1.43 bits per heavy atom. The second-order valence-electron chi connectivity index (χ2n) is 4.98. The Balaban J connectivity index is 2.20. The number of anilines is 1. The van der Waals surface area contributed by atoms with Crippen molar-refractivity contribution < 1.29 is 17.6 Å². The number of hydrogen-bond donors (Lipinski definition) is 1. The molecule has 1 aliphatic rings. The molecule has 1 N–H and O–H groups in total. The van der Waals surface area contributed by atoms with Gasteiger partial charge < -0.3 is 5.32 Å². The van der Waals surface area contributed by atoms with Gasteiger partial charge in [0.1, 0.15) is 6.04 Å². The number of nitrogens with one attached hydrogen (secondary N) is 1. The van der Waals surface area contributed by atoms with Crippen molar-refractivity contribution in [2.45, 2.75) is 25.3 Å². The van der Waals surface area contributed by atoms with Crippen molar-refractivity contribution in [3.05, 3.63) is 29.0 Å². The van der Waals surface area contributed by atoms with Crippen molar-refractivity contribution in [1.82, 2.24) is 4.31 Å². The zero-order valence-corrected chi connectivity index (χ0v) is 13.0. The molecular weight excluding hydrogens is 319 g/mol. The van der Waals surface area contributed by atoms with Gasteiger partial charge in [0, 0.05) is 6.54 Å². The Morgan fingerprint density at radius 3 is 2.81 bits per heavy atom. The number of rotatable bonds is 3. The maximum absolute atomic E-state index is 13.8. The lowest BCUT2D eigenvalue weighted by atomic mass is 10.0. The second-order valence-corrected chi connectivity index (χ2v) is 7.32. The first-order chi connectivity index (χ1) is 9.80. The molecule has 1 aliphatic heterocycles. The smallest absolute Gasteiger partial charge is 0.242 e. The summed E-state index contributed by atoms with van der Waals surface area (Å²) in [6.45, 7) is 0.301. The van der Waals surface area contributed by atoms with Gasteiger partial charge in [-0.15, -0.1) is 0 Å². The summed E-state index contributed by atoms with van der Waals surface area (Å²) in [4.78, 5) is 12.3. The minimum absolute atomic E-state index is 0.0495. The lowest BCUT2D eigenvalue weighted by molar-refractivity contribution is -0.120. The van der Waals surface area contributed by atoms with Gasteiger partial charge in [-0.05, 0) is 25.0 Å². The first-order valence-electron chi connectivity index (χ1n) is 6.52. The fourth-order valence-corrected chi connectivity index (χ4v) is 3.68. The van der Waals surface area contributed by atoms with Crippen LogP contribution in [-0.4, -0.2) is 37.5 Å². The van der Waals surface area contributed by atoms with E-state index in [-0.39, 0.29) is 10.7 Å². The molecule has 1 heterocycles. The molecule has 0 aliphatic carbocycles. The number of nitrogens with zero attached hydrogens (tertiary/aromatic N) is 1. The molecule has 2 rings (SSSR count). The molecule has 0 radical (unpaired) electrons. The first kappa shape index (κ1) is 16.2. The number of halogens is 2. The third kappa shape index (κ3) is 3.72. The average molecular weight is 335 g/mol. The molecule has 5 nitrogen and oxygen atoms in total. The molecule has 1 saturated heterocycles. The highest BCUT2D eigenvalue weighted by molar-refractivity contribution is 7.88. The van der Waals surface area contributed by atoms with Gasteiger partial charge in [0.25, 0.3) is 0 Å². The summed E-state index contributed by atoms with van der Waals surface area (Å²) < 4.78 is 38.4. The number of sulfonamides is 1. The molecule has 0 aromatic heterocycles. The predicted octanol–water partition coefficient (Wildman–Crippen LogP) is 2.23. The van der Waals surface area contributed by atoms with E-state index >= 15 is 0 Å². The average Bonchev–Trinajstić information content (AvgIpc) is 2.43. The number of carbonyl (C=O) groups is 1. The lowest BCUT2D eigenvalue weighted by Crippen LogP contribution is -2.49. The van der Waals surface area contributed by atoms with Crippen LogP contribution in [0.5, 0.6) is 0 Å². The van der Waals surface area contributed by atoms with Gasteiger partial charge in [0.2, 0.25) is 15.9 Å². The van der Waals surface area contributed by atoms with Crippen LogP contribution >= 0.6 is 11.6 Å². The van der Waals surface area contributed by atoms with E-state index in [1.54, 1.807) is 0 Å². The molecule has 1 fully saturated rings. The third-order valence-electron chi connectivity index (χ3n) is 3.39. The van der Waals surface area contributed by atoms with Crippen LogP contribution in [0.1, 0.15) is 19.3 Å². The van der Waals surface area contributed by atoms with Gasteiger partial charge in [-0.1, -0.05) is 24.1 Å². The van der Waals surface area contributed by atoms with Crippen LogP contribution in [0.25, 0.3) is 0 Å². The molecule has 1 unspecified atom stereocenters. The van der Waals surface area contributed by atoms with Gasteiger partial charge >= 0.3 is 0 Å². The van der Waals surface area contributed by atoms with E-state index in [0.717, 1.165) is 17.0 Å². The van der Waals surface area contributed by atoms with Crippen molar-refractivity contribution in [2.24, 2.45) is 0 Å². The quantitative estimate of drug-likeness (QED) is 0.921. The Morgan fingerprint density at radius 2 is 2.14 bits per heavy atom. The van der Waals surface area contributed by atoms with E-state index in [1.165, 1.54) is 18.2 Å². The summed E-state index contributed by atoms with van der Waals surface area (Å²) in [5, 5.41) is 2.32. The van der Waals surface area contributed by atoms with E-state index < -0.39 is 27.8 Å². The molecule has 1 aromatic rings. The van der Waals surface area contributed by atoms with Crippen LogP contribution in [0, 0.1) is 5.82 Å². The maximum Gasteiger partial charge on any atom is 0.242 e. The fraction of sp³-hybridized carbons (Fsp3) is 0.462. The van der Waals surface area contributed by atoms with Crippen LogP contribution in [0.15, 0.2) is 18.2 Å². The minimum atomic E-state index is -3.48. The summed E-state index contributed by atoms with van der Waals surface area (Å²) >= 11 is 5.65. The Bertz CT molecular complexity index is 651. The molecule has 1 aromatic carbocycles. The van der Waals surface area contributed by atoms with Crippen LogP contribution in [-0.2, 0) is 14.8 Å². The summed E-state index contributed by atoms with van der Waals surface area (Å²) in [6.07, 6.45) is 2.95. The van der Waals surface area contributed by atoms with Gasteiger partial charge in [-0.2, -0.15) is 4.31 Å². The zero-order valence-electron chi connectivity index (χ0n) is 11.5.